The van der Waals surface area contributed by atoms with Crippen LogP contribution in [0.5, 0.6) is 0 Å². The summed E-state index contributed by atoms with van der Waals surface area (Å²) < 4.78 is 6.51. The molecule has 0 aliphatic carbocycles. The fourth-order valence-electron chi connectivity index (χ4n) is 8.56. The number of benzene rings is 10. The van der Waals surface area contributed by atoms with E-state index < -0.39 is 0 Å². The second-order valence-corrected chi connectivity index (χ2v) is 14.9. The van der Waals surface area contributed by atoms with Gasteiger partial charge in [0.25, 0.3) is 0 Å². The molecule has 0 aliphatic heterocycles. The molecule has 0 radical (unpaired) electrons. The highest BCUT2D eigenvalue weighted by molar-refractivity contribution is 6.18. The van der Waals surface area contributed by atoms with Gasteiger partial charge in [0.2, 0.25) is 0 Å². The van der Waals surface area contributed by atoms with Crippen LogP contribution in [0.1, 0.15) is 0 Å². The maximum Gasteiger partial charge on any atom is 0.143 e. The highest BCUT2D eigenvalue weighted by Gasteiger charge is 2.20. The topological polar surface area (TPSA) is 16.4 Å². The Morgan fingerprint density at radius 2 is 0.793 bits per heavy atom. The third-order valence-electron chi connectivity index (χ3n) is 11.5. The summed E-state index contributed by atoms with van der Waals surface area (Å²) in [4.78, 5) is 2.39. The van der Waals surface area contributed by atoms with Crippen molar-refractivity contribution >= 4 is 60.5 Å². The molecule has 0 bridgehead atoms. The van der Waals surface area contributed by atoms with Gasteiger partial charge >= 0.3 is 0 Å². The number of hydrogen-bond donors (Lipinski definition) is 0. The van der Waals surface area contributed by atoms with Gasteiger partial charge in [0.1, 0.15) is 11.2 Å². The van der Waals surface area contributed by atoms with Crippen LogP contribution in [-0.4, -0.2) is 0 Å². The molecule has 0 atom stereocenters. The molecule has 0 spiro atoms. The van der Waals surface area contributed by atoms with Gasteiger partial charge < -0.3 is 9.32 Å². The number of nitrogens with zero attached hydrogens (tertiary/aromatic N) is 1. The van der Waals surface area contributed by atoms with E-state index in [0.717, 1.165) is 60.9 Å². The van der Waals surface area contributed by atoms with Gasteiger partial charge in [-0.1, -0.05) is 176 Å². The number of hydrogen-bond acceptors (Lipinski definition) is 2. The van der Waals surface area contributed by atoms with Crippen molar-refractivity contribution in [2.24, 2.45) is 0 Å². The van der Waals surface area contributed by atoms with E-state index in [1.54, 1.807) is 0 Å². The number of para-hydroxylation sites is 2. The third-order valence-corrected chi connectivity index (χ3v) is 11.5. The fraction of sp³-hybridized carbons (Fsp3) is 0. The lowest BCUT2D eigenvalue weighted by Crippen LogP contribution is -2.11. The van der Waals surface area contributed by atoms with Crippen molar-refractivity contribution in [2.45, 2.75) is 0 Å². The molecule has 11 aromatic rings. The predicted molar refractivity (Wildman–Crippen MR) is 245 cm³/mol. The Bertz CT molecular complexity index is 3250. The summed E-state index contributed by atoms with van der Waals surface area (Å²) >= 11 is 0. The second kappa shape index (κ2) is 14.1. The van der Waals surface area contributed by atoms with Crippen LogP contribution in [0.15, 0.2) is 229 Å². The zero-order valence-corrected chi connectivity index (χ0v) is 31.7. The Morgan fingerprint density at radius 3 is 1.53 bits per heavy atom. The first kappa shape index (κ1) is 33.6. The van der Waals surface area contributed by atoms with Gasteiger partial charge in [-0.15, -0.1) is 0 Å². The molecule has 1 heterocycles. The molecule has 1 aromatic heterocycles. The van der Waals surface area contributed by atoms with E-state index >= 15 is 0 Å². The van der Waals surface area contributed by atoms with Crippen molar-refractivity contribution in [3.8, 4) is 44.5 Å². The number of rotatable bonds is 7. The Balaban J connectivity index is 1.03. The van der Waals surface area contributed by atoms with Crippen molar-refractivity contribution in [1.82, 2.24) is 0 Å². The molecule has 10 aromatic carbocycles. The summed E-state index contributed by atoms with van der Waals surface area (Å²) in [6.07, 6.45) is 0. The lowest BCUT2D eigenvalue weighted by Gasteiger charge is -2.28. The first-order valence-corrected chi connectivity index (χ1v) is 19.8. The zero-order valence-electron chi connectivity index (χ0n) is 31.7. The smallest absolute Gasteiger partial charge is 0.143 e. The quantitative estimate of drug-likeness (QED) is 0.162. The van der Waals surface area contributed by atoms with E-state index in [-0.39, 0.29) is 0 Å². The van der Waals surface area contributed by atoms with Crippen LogP contribution >= 0.6 is 0 Å². The molecule has 2 heteroatoms. The lowest BCUT2D eigenvalue weighted by atomic mass is 9.94. The molecule has 272 valence electrons. The van der Waals surface area contributed by atoms with Crippen molar-refractivity contribution in [3.63, 3.8) is 0 Å². The monoisotopic (exact) mass is 739 g/mol. The Kier molecular flexibility index (Phi) is 8.19. The molecule has 0 N–H and O–H groups in total. The fourth-order valence-corrected chi connectivity index (χ4v) is 8.56. The highest BCUT2D eigenvalue weighted by atomic mass is 16.3. The summed E-state index contributed by atoms with van der Waals surface area (Å²) in [6.45, 7) is 0. The van der Waals surface area contributed by atoms with Crippen LogP contribution in [0.25, 0.3) is 88.0 Å². The van der Waals surface area contributed by atoms with E-state index in [9.17, 15) is 0 Å². The molecular formula is C56H37NO. The predicted octanol–water partition coefficient (Wildman–Crippen LogP) is 16.0. The minimum atomic E-state index is 0.907. The Morgan fingerprint density at radius 1 is 0.293 bits per heavy atom. The van der Waals surface area contributed by atoms with Crippen molar-refractivity contribution in [3.05, 3.63) is 224 Å². The number of furan rings is 1. The summed E-state index contributed by atoms with van der Waals surface area (Å²) in [5.41, 5.74) is 14.6. The molecule has 0 amide bonds. The number of anilines is 3. The van der Waals surface area contributed by atoms with Crippen LogP contribution in [-0.2, 0) is 0 Å². The van der Waals surface area contributed by atoms with Crippen molar-refractivity contribution < 1.29 is 4.42 Å². The van der Waals surface area contributed by atoms with Gasteiger partial charge in [-0.2, -0.15) is 0 Å². The third kappa shape index (κ3) is 5.91. The van der Waals surface area contributed by atoms with Crippen LogP contribution in [0, 0.1) is 0 Å². The van der Waals surface area contributed by atoms with E-state index in [1.165, 1.54) is 44.2 Å². The summed E-state index contributed by atoms with van der Waals surface area (Å²) in [6, 6.07) is 80.7. The van der Waals surface area contributed by atoms with Gasteiger partial charge in [0.15, 0.2) is 0 Å². The summed E-state index contributed by atoms with van der Waals surface area (Å²) in [5.74, 6) is 0. The zero-order chi connectivity index (χ0) is 38.4. The van der Waals surface area contributed by atoms with Crippen LogP contribution < -0.4 is 4.90 Å². The molecule has 58 heavy (non-hydrogen) atoms. The van der Waals surface area contributed by atoms with Crippen molar-refractivity contribution in [1.29, 1.82) is 0 Å². The standard InChI is InChI=1S/C56H37NO/c1-2-11-38(12-3-1)40-21-23-41(24-22-40)42-27-31-46(32-28-42)57(47-33-29-43(30-34-47)45-26-25-39-13-4-5-14-44(39)37-45)54-19-8-6-15-50(54)48-17-10-18-52-49(48)35-36-53-51-16-7-9-20-55(51)58-56(52)53/h1-37H. The van der Waals surface area contributed by atoms with E-state index in [1.807, 2.05) is 6.07 Å². The Hall–Kier alpha value is -7.68. The highest BCUT2D eigenvalue weighted by Crippen LogP contribution is 2.45. The normalized spacial score (nSPS) is 11.4. The first-order valence-electron chi connectivity index (χ1n) is 19.8. The van der Waals surface area contributed by atoms with Gasteiger partial charge in [-0.25, -0.2) is 0 Å². The van der Waals surface area contributed by atoms with Gasteiger partial charge in [0.05, 0.1) is 5.69 Å². The molecule has 11 rings (SSSR count). The van der Waals surface area contributed by atoms with Gasteiger partial charge in [0, 0.05) is 33.1 Å². The second-order valence-electron chi connectivity index (χ2n) is 14.9. The van der Waals surface area contributed by atoms with Gasteiger partial charge in [-0.3, -0.25) is 0 Å². The molecule has 0 aliphatic rings. The molecule has 0 unspecified atom stereocenters. The Labute approximate surface area is 337 Å². The van der Waals surface area contributed by atoms with E-state index in [0.29, 0.717) is 0 Å². The average Bonchev–Trinajstić information content (AvgIpc) is 3.69. The average molecular weight is 740 g/mol. The molecule has 0 saturated heterocycles. The van der Waals surface area contributed by atoms with E-state index in [2.05, 4.69) is 223 Å². The SMILES string of the molecule is c1ccc(-c2ccc(-c3ccc(N(c4ccc(-c5ccc6ccccc6c5)cc4)c4ccccc4-c4cccc5c4ccc4c6ccccc6oc54)cc3)cc2)cc1. The van der Waals surface area contributed by atoms with Gasteiger partial charge in [-0.05, 0) is 104 Å². The lowest BCUT2D eigenvalue weighted by molar-refractivity contribution is 0.672. The molecule has 0 saturated carbocycles. The number of fused-ring (bicyclic) bond motifs is 6. The largest absolute Gasteiger partial charge is 0.455 e. The minimum Gasteiger partial charge on any atom is -0.455 e. The molecule has 0 fully saturated rings. The van der Waals surface area contributed by atoms with E-state index in [4.69, 9.17) is 4.42 Å². The summed E-state index contributed by atoms with van der Waals surface area (Å²) in [5, 5.41) is 7.02. The van der Waals surface area contributed by atoms with Crippen LogP contribution in [0.4, 0.5) is 17.1 Å². The maximum atomic E-state index is 6.51. The van der Waals surface area contributed by atoms with Crippen LogP contribution in [0.2, 0.25) is 0 Å². The molecule has 2 nitrogen and oxygen atoms in total. The summed E-state index contributed by atoms with van der Waals surface area (Å²) in [7, 11) is 0. The molecular weight excluding hydrogens is 703 g/mol. The van der Waals surface area contributed by atoms with Crippen LogP contribution in [0.3, 0.4) is 0 Å². The minimum absolute atomic E-state index is 0.907. The van der Waals surface area contributed by atoms with Crippen molar-refractivity contribution in [2.75, 3.05) is 4.90 Å². The maximum absolute atomic E-state index is 6.51. The first-order chi connectivity index (χ1) is 28.7.